The Morgan fingerprint density at radius 3 is 2.89 bits per heavy atom. The summed E-state index contributed by atoms with van der Waals surface area (Å²) in [5.41, 5.74) is 0.782. The van der Waals surface area contributed by atoms with Crippen LogP contribution in [0, 0.1) is 0 Å². The molecule has 0 saturated carbocycles. The first-order chi connectivity index (χ1) is 8.86. The van der Waals surface area contributed by atoms with Gasteiger partial charge in [0, 0.05) is 6.20 Å². The summed E-state index contributed by atoms with van der Waals surface area (Å²) in [6.45, 7) is 0.406. The summed E-state index contributed by atoms with van der Waals surface area (Å²) in [7, 11) is 0. The number of halogens is 1. The molecule has 0 amide bonds. The number of para-hydroxylation sites is 2. The van der Waals surface area contributed by atoms with Crippen LogP contribution in [0.25, 0.3) is 0 Å². The zero-order valence-electron chi connectivity index (χ0n) is 9.54. The van der Waals surface area contributed by atoms with Gasteiger partial charge in [0.1, 0.15) is 6.61 Å². The van der Waals surface area contributed by atoms with Crippen molar-refractivity contribution in [2.24, 2.45) is 0 Å². The lowest BCUT2D eigenvalue weighted by Gasteiger charge is -2.25. The van der Waals surface area contributed by atoms with E-state index in [4.69, 9.17) is 21.1 Å². The van der Waals surface area contributed by atoms with Gasteiger partial charge >= 0.3 is 0 Å². The minimum Gasteiger partial charge on any atom is -0.485 e. The number of rotatable bonds is 2. The zero-order valence-corrected chi connectivity index (χ0v) is 10.3. The maximum Gasteiger partial charge on any atom is 0.192 e. The molecule has 0 N–H and O–H groups in total. The molecule has 2 heterocycles. The van der Waals surface area contributed by atoms with E-state index >= 15 is 0 Å². The summed E-state index contributed by atoms with van der Waals surface area (Å²) < 4.78 is 11.5. The monoisotopic (exact) mass is 262 g/mol. The first-order valence-corrected chi connectivity index (χ1v) is 6.16. The molecule has 3 rings (SSSR count). The molecule has 4 nitrogen and oxygen atoms in total. The number of hydrogen-bond donors (Lipinski definition) is 0. The molecule has 0 radical (unpaired) electrons. The van der Waals surface area contributed by atoms with Gasteiger partial charge in [-0.15, -0.1) is 11.6 Å². The van der Waals surface area contributed by atoms with Crippen LogP contribution < -0.4 is 9.47 Å². The maximum atomic E-state index is 5.82. The van der Waals surface area contributed by atoms with Crippen LogP contribution in [0.5, 0.6) is 11.5 Å². The largest absolute Gasteiger partial charge is 0.485 e. The first-order valence-electron chi connectivity index (χ1n) is 5.63. The molecule has 0 fully saturated rings. The second-order valence-electron chi connectivity index (χ2n) is 3.90. The third-order valence-corrected chi connectivity index (χ3v) is 2.94. The molecular weight excluding hydrogens is 252 g/mol. The van der Waals surface area contributed by atoms with Gasteiger partial charge in [-0.25, -0.2) is 9.97 Å². The molecular formula is C13H11ClN2O2. The van der Waals surface area contributed by atoms with E-state index in [1.54, 1.807) is 12.3 Å². The maximum absolute atomic E-state index is 5.82. The molecule has 0 aliphatic carbocycles. The Bertz CT molecular complexity index is 562. The van der Waals surface area contributed by atoms with Crippen LogP contribution in [0.2, 0.25) is 0 Å². The number of hydrogen-bond acceptors (Lipinski definition) is 4. The Morgan fingerprint density at radius 1 is 1.22 bits per heavy atom. The summed E-state index contributed by atoms with van der Waals surface area (Å²) in [6.07, 6.45) is 1.40. The van der Waals surface area contributed by atoms with Gasteiger partial charge in [0.05, 0.1) is 11.6 Å². The standard InChI is InChI=1S/C13H11ClN2O2/c14-7-9-5-6-15-13(16-9)12-8-17-10-3-1-2-4-11(10)18-12/h1-6,12H,7-8H2. The Labute approximate surface area is 110 Å². The van der Waals surface area contributed by atoms with Crippen LogP contribution >= 0.6 is 11.6 Å². The highest BCUT2D eigenvalue weighted by atomic mass is 35.5. The zero-order chi connectivity index (χ0) is 12.4. The number of aromatic nitrogens is 2. The Balaban J connectivity index is 1.87. The van der Waals surface area contributed by atoms with Crippen LogP contribution in [0.3, 0.4) is 0 Å². The lowest BCUT2D eigenvalue weighted by Crippen LogP contribution is -2.23. The molecule has 0 spiro atoms. The topological polar surface area (TPSA) is 44.2 Å². The molecule has 1 aliphatic rings. The van der Waals surface area contributed by atoms with E-state index in [-0.39, 0.29) is 6.10 Å². The minimum absolute atomic E-state index is 0.289. The van der Waals surface area contributed by atoms with Crippen LogP contribution in [-0.2, 0) is 5.88 Å². The van der Waals surface area contributed by atoms with Crippen molar-refractivity contribution in [2.45, 2.75) is 12.0 Å². The van der Waals surface area contributed by atoms with Crippen molar-refractivity contribution in [3.63, 3.8) is 0 Å². The quantitative estimate of drug-likeness (QED) is 0.781. The van der Waals surface area contributed by atoms with Crippen LogP contribution in [-0.4, -0.2) is 16.6 Å². The average Bonchev–Trinajstić information content (AvgIpc) is 2.47. The minimum atomic E-state index is -0.289. The highest BCUT2D eigenvalue weighted by molar-refractivity contribution is 6.16. The fourth-order valence-electron chi connectivity index (χ4n) is 1.79. The molecule has 0 saturated heterocycles. The van der Waals surface area contributed by atoms with Crippen LogP contribution in [0.1, 0.15) is 17.6 Å². The molecule has 1 atom stereocenters. The van der Waals surface area contributed by atoms with Crippen molar-refractivity contribution in [3.05, 3.63) is 48.0 Å². The van der Waals surface area contributed by atoms with Crippen molar-refractivity contribution in [2.75, 3.05) is 6.61 Å². The molecule has 1 aromatic heterocycles. The lowest BCUT2D eigenvalue weighted by atomic mass is 10.2. The van der Waals surface area contributed by atoms with Gasteiger partial charge in [-0.3, -0.25) is 0 Å². The number of fused-ring (bicyclic) bond motifs is 1. The number of nitrogens with zero attached hydrogens (tertiary/aromatic N) is 2. The number of ether oxygens (including phenoxy) is 2. The van der Waals surface area contributed by atoms with Gasteiger partial charge in [-0.1, -0.05) is 12.1 Å². The normalized spacial score (nSPS) is 17.5. The van der Waals surface area contributed by atoms with Crippen molar-refractivity contribution in [1.82, 2.24) is 9.97 Å². The fraction of sp³-hybridized carbons (Fsp3) is 0.231. The Morgan fingerprint density at radius 2 is 2.06 bits per heavy atom. The van der Waals surface area contributed by atoms with Gasteiger partial charge in [-0.05, 0) is 18.2 Å². The molecule has 0 bridgehead atoms. The number of benzene rings is 1. The predicted octanol–water partition coefficient (Wildman–Crippen LogP) is 2.73. The summed E-state index contributed by atoms with van der Waals surface area (Å²) >= 11 is 5.76. The summed E-state index contributed by atoms with van der Waals surface area (Å²) in [5, 5.41) is 0. The van der Waals surface area contributed by atoms with Gasteiger partial charge in [0.2, 0.25) is 0 Å². The Kier molecular flexibility index (Phi) is 3.02. The van der Waals surface area contributed by atoms with Crippen molar-refractivity contribution in [3.8, 4) is 11.5 Å². The van der Waals surface area contributed by atoms with E-state index in [0.717, 1.165) is 11.4 Å². The van der Waals surface area contributed by atoms with E-state index < -0.39 is 0 Å². The van der Waals surface area contributed by atoms with E-state index in [1.807, 2.05) is 24.3 Å². The van der Waals surface area contributed by atoms with E-state index in [9.17, 15) is 0 Å². The average molecular weight is 263 g/mol. The third-order valence-electron chi connectivity index (χ3n) is 2.67. The molecule has 1 unspecified atom stereocenters. The third kappa shape index (κ3) is 2.11. The van der Waals surface area contributed by atoms with Gasteiger partial charge < -0.3 is 9.47 Å². The highest BCUT2D eigenvalue weighted by Crippen LogP contribution is 2.34. The van der Waals surface area contributed by atoms with Gasteiger partial charge in [0.25, 0.3) is 0 Å². The summed E-state index contributed by atoms with van der Waals surface area (Å²) in [4.78, 5) is 8.55. The fourth-order valence-corrected chi connectivity index (χ4v) is 1.94. The van der Waals surface area contributed by atoms with Gasteiger partial charge in [-0.2, -0.15) is 0 Å². The molecule has 92 valence electrons. The second kappa shape index (κ2) is 4.82. The smallest absolute Gasteiger partial charge is 0.192 e. The van der Waals surface area contributed by atoms with Crippen molar-refractivity contribution < 1.29 is 9.47 Å². The van der Waals surface area contributed by atoms with Crippen LogP contribution in [0.4, 0.5) is 0 Å². The SMILES string of the molecule is ClCc1ccnc(C2COc3ccccc3O2)n1. The van der Waals surface area contributed by atoms with Crippen molar-refractivity contribution in [1.29, 1.82) is 0 Å². The molecule has 2 aromatic rings. The van der Waals surface area contributed by atoms with Crippen LogP contribution in [0.15, 0.2) is 36.5 Å². The summed E-state index contributed by atoms with van der Waals surface area (Å²) in [5.74, 6) is 2.43. The molecule has 1 aliphatic heterocycles. The van der Waals surface area contributed by atoms with E-state index in [1.165, 1.54) is 0 Å². The van der Waals surface area contributed by atoms with Gasteiger partial charge in [0.15, 0.2) is 23.4 Å². The Hall–Kier alpha value is -1.81. The second-order valence-corrected chi connectivity index (χ2v) is 4.17. The molecule has 5 heteroatoms. The molecule has 18 heavy (non-hydrogen) atoms. The van der Waals surface area contributed by atoms with E-state index in [0.29, 0.717) is 24.1 Å². The predicted molar refractivity (Wildman–Crippen MR) is 66.9 cm³/mol. The highest BCUT2D eigenvalue weighted by Gasteiger charge is 2.24. The van der Waals surface area contributed by atoms with E-state index in [2.05, 4.69) is 9.97 Å². The lowest BCUT2D eigenvalue weighted by molar-refractivity contribution is 0.0849. The first kappa shape index (κ1) is 11.3. The number of alkyl halides is 1. The molecule has 1 aromatic carbocycles. The van der Waals surface area contributed by atoms with Crippen molar-refractivity contribution >= 4 is 11.6 Å². The summed E-state index contributed by atoms with van der Waals surface area (Å²) in [6, 6.07) is 9.34.